The number of halogens is 2. The number of imidazole rings is 1. The largest absolute Gasteiger partial charge is 0.346 e. The van der Waals surface area contributed by atoms with E-state index in [1.807, 2.05) is 13.8 Å². The summed E-state index contributed by atoms with van der Waals surface area (Å²) in [6, 6.07) is 0. The van der Waals surface area contributed by atoms with Crippen LogP contribution in [0.2, 0.25) is 0 Å². The van der Waals surface area contributed by atoms with Crippen LogP contribution in [-0.4, -0.2) is 16.5 Å². The topological polar surface area (TPSA) is 54.7 Å². The monoisotopic (exact) mass is 211 g/mol. The van der Waals surface area contributed by atoms with Gasteiger partial charge in [0.15, 0.2) is 0 Å². The summed E-state index contributed by atoms with van der Waals surface area (Å²) in [6.45, 7) is 4.64. The summed E-state index contributed by atoms with van der Waals surface area (Å²) in [5, 5.41) is 0. The van der Waals surface area contributed by atoms with Gasteiger partial charge in [-0.15, -0.1) is 24.8 Å². The highest BCUT2D eigenvalue weighted by Gasteiger charge is 2.00. The zero-order valence-corrected chi connectivity index (χ0v) is 8.89. The van der Waals surface area contributed by atoms with Crippen LogP contribution in [-0.2, 0) is 6.42 Å². The molecule has 0 spiro atoms. The molecule has 1 aromatic rings. The van der Waals surface area contributed by atoms with Crippen LogP contribution in [0.25, 0.3) is 0 Å². The Morgan fingerprint density at radius 2 is 1.92 bits per heavy atom. The summed E-state index contributed by atoms with van der Waals surface area (Å²) in [4.78, 5) is 7.39. The Bertz CT molecular complexity index is 222. The van der Waals surface area contributed by atoms with Crippen molar-refractivity contribution in [3.05, 3.63) is 17.2 Å². The summed E-state index contributed by atoms with van der Waals surface area (Å²) < 4.78 is 0. The van der Waals surface area contributed by atoms with Crippen LogP contribution < -0.4 is 5.73 Å². The van der Waals surface area contributed by atoms with Crippen molar-refractivity contribution in [1.82, 2.24) is 9.97 Å². The number of aryl methyl sites for hydroxylation is 2. The molecule has 0 unspecified atom stereocenters. The van der Waals surface area contributed by atoms with Crippen molar-refractivity contribution in [3.8, 4) is 0 Å². The van der Waals surface area contributed by atoms with Crippen LogP contribution in [0.3, 0.4) is 0 Å². The summed E-state index contributed by atoms with van der Waals surface area (Å²) in [7, 11) is 0. The number of rotatable bonds is 2. The lowest BCUT2D eigenvalue weighted by Gasteiger charge is -1.91. The first kappa shape index (κ1) is 14.3. The van der Waals surface area contributed by atoms with E-state index in [-0.39, 0.29) is 24.8 Å². The third-order valence-corrected chi connectivity index (χ3v) is 1.49. The number of nitrogens with one attached hydrogen (secondary N) is 1. The van der Waals surface area contributed by atoms with E-state index in [2.05, 4.69) is 9.97 Å². The summed E-state index contributed by atoms with van der Waals surface area (Å²) in [5.41, 5.74) is 7.62. The number of hydrogen-bond donors (Lipinski definition) is 2. The molecule has 1 aromatic heterocycles. The van der Waals surface area contributed by atoms with Gasteiger partial charge in [0.1, 0.15) is 5.82 Å². The molecule has 0 fully saturated rings. The molecule has 3 N–H and O–H groups in total. The molecule has 0 aromatic carbocycles. The minimum absolute atomic E-state index is 0. The van der Waals surface area contributed by atoms with Crippen LogP contribution >= 0.6 is 24.8 Å². The number of H-pyrrole nitrogens is 1. The molecule has 72 valence electrons. The van der Waals surface area contributed by atoms with E-state index in [4.69, 9.17) is 5.73 Å². The average Bonchev–Trinajstić information content (AvgIpc) is 2.13. The fraction of sp³-hybridized carbons (Fsp3) is 0.571. The minimum atomic E-state index is 0. The van der Waals surface area contributed by atoms with Crippen molar-refractivity contribution in [2.45, 2.75) is 20.3 Å². The van der Waals surface area contributed by atoms with Crippen LogP contribution in [0.4, 0.5) is 0 Å². The van der Waals surface area contributed by atoms with Crippen molar-refractivity contribution in [3.63, 3.8) is 0 Å². The van der Waals surface area contributed by atoms with Crippen LogP contribution in [0.1, 0.15) is 17.2 Å². The van der Waals surface area contributed by atoms with E-state index in [0.717, 1.165) is 23.6 Å². The predicted octanol–water partition coefficient (Wildman–Crippen LogP) is 1.37. The molecule has 0 amide bonds. The summed E-state index contributed by atoms with van der Waals surface area (Å²) in [5.74, 6) is 0.973. The van der Waals surface area contributed by atoms with Gasteiger partial charge < -0.3 is 10.7 Å². The second-order valence-electron chi connectivity index (χ2n) is 2.43. The van der Waals surface area contributed by atoms with Crippen LogP contribution in [0, 0.1) is 13.8 Å². The Hall–Kier alpha value is -0.250. The second kappa shape index (κ2) is 6.29. The minimum Gasteiger partial charge on any atom is -0.346 e. The molecule has 12 heavy (non-hydrogen) atoms. The SMILES string of the molecule is Cc1nc(CCN)c(C)[nH]1.Cl.Cl. The fourth-order valence-electron chi connectivity index (χ4n) is 1.04. The quantitative estimate of drug-likeness (QED) is 0.777. The maximum Gasteiger partial charge on any atom is 0.103 e. The summed E-state index contributed by atoms with van der Waals surface area (Å²) >= 11 is 0. The third-order valence-electron chi connectivity index (χ3n) is 1.49. The number of aromatic nitrogens is 2. The van der Waals surface area contributed by atoms with Crippen molar-refractivity contribution < 1.29 is 0 Å². The molecule has 0 aliphatic rings. The smallest absolute Gasteiger partial charge is 0.103 e. The number of nitrogens with two attached hydrogens (primary N) is 1. The Morgan fingerprint density at radius 1 is 1.33 bits per heavy atom. The van der Waals surface area contributed by atoms with Crippen molar-refractivity contribution in [2.75, 3.05) is 6.54 Å². The Kier molecular flexibility index (Phi) is 7.48. The maximum absolute atomic E-state index is 5.38. The van der Waals surface area contributed by atoms with Gasteiger partial charge in [-0.25, -0.2) is 4.98 Å². The van der Waals surface area contributed by atoms with Gasteiger partial charge in [-0.3, -0.25) is 0 Å². The van der Waals surface area contributed by atoms with E-state index >= 15 is 0 Å². The molecule has 1 rings (SSSR count). The lowest BCUT2D eigenvalue weighted by atomic mass is 10.3. The van der Waals surface area contributed by atoms with E-state index < -0.39 is 0 Å². The van der Waals surface area contributed by atoms with Gasteiger partial charge in [0.2, 0.25) is 0 Å². The van der Waals surface area contributed by atoms with Crippen LogP contribution in [0.5, 0.6) is 0 Å². The molecule has 1 heterocycles. The zero-order chi connectivity index (χ0) is 7.56. The first-order valence-electron chi connectivity index (χ1n) is 3.46. The molecule has 3 nitrogen and oxygen atoms in total. The third kappa shape index (κ3) is 3.43. The molecular formula is C7H15Cl2N3. The highest BCUT2D eigenvalue weighted by atomic mass is 35.5. The highest BCUT2D eigenvalue weighted by molar-refractivity contribution is 5.85. The first-order valence-corrected chi connectivity index (χ1v) is 3.46. The normalized spacial score (nSPS) is 8.58. The molecule has 0 saturated heterocycles. The molecule has 0 bridgehead atoms. The number of nitrogens with zero attached hydrogens (tertiary/aromatic N) is 1. The van der Waals surface area contributed by atoms with Gasteiger partial charge in [-0.05, 0) is 20.4 Å². The Morgan fingerprint density at radius 3 is 2.25 bits per heavy atom. The van der Waals surface area contributed by atoms with Crippen LogP contribution in [0.15, 0.2) is 0 Å². The van der Waals surface area contributed by atoms with Gasteiger partial charge in [-0.1, -0.05) is 0 Å². The molecule has 5 heteroatoms. The molecule has 0 atom stereocenters. The Balaban J connectivity index is 0. The van der Waals surface area contributed by atoms with E-state index in [0.29, 0.717) is 6.54 Å². The Labute approximate surface area is 85.0 Å². The first-order chi connectivity index (χ1) is 4.74. The summed E-state index contributed by atoms with van der Waals surface area (Å²) in [6.07, 6.45) is 0.871. The van der Waals surface area contributed by atoms with Crippen molar-refractivity contribution >= 4 is 24.8 Å². The molecule has 0 radical (unpaired) electrons. The average molecular weight is 212 g/mol. The molecular weight excluding hydrogens is 197 g/mol. The maximum atomic E-state index is 5.38. The van der Waals surface area contributed by atoms with E-state index in [1.54, 1.807) is 0 Å². The predicted molar refractivity (Wildman–Crippen MR) is 55.3 cm³/mol. The number of hydrogen-bond acceptors (Lipinski definition) is 2. The second-order valence-corrected chi connectivity index (χ2v) is 2.43. The van der Waals surface area contributed by atoms with Gasteiger partial charge in [0.05, 0.1) is 5.69 Å². The number of aromatic amines is 1. The zero-order valence-electron chi connectivity index (χ0n) is 7.26. The molecule has 0 aliphatic heterocycles. The van der Waals surface area contributed by atoms with Crippen molar-refractivity contribution in [1.29, 1.82) is 0 Å². The molecule has 0 saturated carbocycles. The standard InChI is InChI=1S/C7H13N3.2ClH/c1-5-7(3-4-8)10-6(2)9-5;;/h3-4,8H2,1-2H3,(H,9,10);2*1H. The van der Waals surface area contributed by atoms with E-state index in [1.165, 1.54) is 0 Å². The lowest BCUT2D eigenvalue weighted by Crippen LogP contribution is -2.03. The van der Waals surface area contributed by atoms with Gasteiger partial charge in [0.25, 0.3) is 0 Å². The fourth-order valence-corrected chi connectivity index (χ4v) is 1.04. The van der Waals surface area contributed by atoms with Crippen molar-refractivity contribution in [2.24, 2.45) is 5.73 Å². The van der Waals surface area contributed by atoms with Gasteiger partial charge in [0, 0.05) is 12.1 Å². The van der Waals surface area contributed by atoms with E-state index in [9.17, 15) is 0 Å². The molecule has 0 aliphatic carbocycles. The lowest BCUT2D eigenvalue weighted by molar-refractivity contribution is 0.920. The van der Waals surface area contributed by atoms with Gasteiger partial charge in [-0.2, -0.15) is 0 Å². The van der Waals surface area contributed by atoms with Gasteiger partial charge >= 0.3 is 0 Å². The highest BCUT2D eigenvalue weighted by Crippen LogP contribution is 2.03.